The van der Waals surface area contributed by atoms with Crippen LogP contribution in [0.2, 0.25) is 0 Å². The van der Waals surface area contributed by atoms with Crippen LogP contribution in [0.3, 0.4) is 0 Å². The van der Waals surface area contributed by atoms with Gasteiger partial charge in [0, 0.05) is 19.0 Å². The zero-order valence-electron chi connectivity index (χ0n) is 17.4. The minimum absolute atomic E-state index is 0.119. The third kappa shape index (κ3) is 5.08. The van der Waals surface area contributed by atoms with Crippen molar-refractivity contribution in [2.45, 2.75) is 64.1 Å². The summed E-state index contributed by atoms with van der Waals surface area (Å²) in [4.78, 5) is 14.8. The summed E-state index contributed by atoms with van der Waals surface area (Å²) in [7, 11) is 0. The van der Waals surface area contributed by atoms with Crippen molar-refractivity contribution >= 4 is 5.91 Å². The molecule has 1 saturated carbocycles. The van der Waals surface area contributed by atoms with Crippen molar-refractivity contribution in [1.82, 2.24) is 10.2 Å². The topological polar surface area (TPSA) is 32.3 Å². The minimum atomic E-state index is -4.30. The first-order chi connectivity index (χ1) is 14.4. The van der Waals surface area contributed by atoms with Crippen LogP contribution in [0, 0.1) is 11.3 Å². The summed E-state index contributed by atoms with van der Waals surface area (Å²) in [6.07, 6.45) is 6.75. The van der Waals surface area contributed by atoms with Gasteiger partial charge in [0.05, 0.1) is 5.56 Å². The first-order valence-electron chi connectivity index (χ1n) is 11.2. The van der Waals surface area contributed by atoms with Crippen LogP contribution in [0.5, 0.6) is 0 Å². The molecule has 1 atom stereocenters. The van der Waals surface area contributed by atoms with E-state index in [2.05, 4.69) is 16.3 Å². The number of amides is 1. The fraction of sp³-hybridized carbons (Fsp3) is 0.625. The monoisotopic (exact) mass is 420 g/mol. The highest BCUT2D eigenvalue weighted by molar-refractivity contribution is 5.82. The Hall–Kier alpha value is -1.82. The van der Waals surface area contributed by atoms with Gasteiger partial charge in [0.25, 0.3) is 0 Å². The summed E-state index contributed by atoms with van der Waals surface area (Å²) in [5.74, 6) is 0.311. The van der Waals surface area contributed by atoms with Gasteiger partial charge in [-0.15, -0.1) is 0 Å². The zero-order chi connectivity index (χ0) is 21.2. The third-order valence-corrected chi connectivity index (χ3v) is 7.15. The predicted molar refractivity (Wildman–Crippen MR) is 111 cm³/mol. The second kappa shape index (κ2) is 8.74. The minimum Gasteiger partial charge on any atom is -0.356 e. The number of benzene rings is 1. The number of carbonyl (C=O) groups is 1. The molecule has 0 aromatic heterocycles. The molecule has 1 aromatic carbocycles. The number of rotatable bonds is 6. The maximum absolute atomic E-state index is 12.9. The Morgan fingerprint density at radius 2 is 2.00 bits per heavy atom. The fourth-order valence-corrected chi connectivity index (χ4v) is 5.13. The van der Waals surface area contributed by atoms with Gasteiger partial charge in [-0.1, -0.05) is 29.8 Å². The molecule has 30 heavy (non-hydrogen) atoms. The van der Waals surface area contributed by atoms with E-state index in [1.165, 1.54) is 43.4 Å². The number of carbonyl (C=O) groups excluding carboxylic acids is 1. The molecule has 1 N–H and O–H groups in total. The van der Waals surface area contributed by atoms with Crippen molar-refractivity contribution in [2.75, 3.05) is 19.6 Å². The summed E-state index contributed by atoms with van der Waals surface area (Å²) < 4.78 is 38.7. The Labute approximate surface area is 176 Å². The molecule has 1 spiro atoms. The number of alkyl halides is 3. The van der Waals surface area contributed by atoms with Crippen molar-refractivity contribution in [3.8, 4) is 0 Å². The van der Waals surface area contributed by atoms with Crippen LogP contribution < -0.4 is 5.32 Å². The van der Waals surface area contributed by atoms with Crippen LogP contribution in [-0.2, 0) is 17.5 Å². The smallest absolute Gasteiger partial charge is 0.356 e. The molecule has 4 rings (SSSR count). The van der Waals surface area contributed by atoms with Crippen LogP contribution in [0.4, 0.5) is 13.2 Å². The van der Waals surface area contributed by atoms with Gasteiger partial charge in [-0.05, 0) is 81.5 Å². The Morgan fingerprint density at radius 3 is 2.70 bits per heavy atom. The van der Waals surface area contributed by atoms with Crippen molar-refractivity contribution in [2.24, 2.45) is 11.3 Å². The number of piperidine rings is 1. The number of hydrogen-bond acceptors (Lipinski definition) is 2. The molecule has 2 aliphatic carbocycles. The van der Waals surface area contributed by atoms with Crippen molar-refractivity contribution < 1.29 is 18.0 Å². The Kier molecular flexibility index (Phi) is 6.24. The van der Waals surface area contributed by atoms with Gasteiger partial charge in [0.1, 0.15) is 0 Å². The fourth-order valence-electron chi connectivity index (χ4n) is 5.13. The standard InChI is InChI=1S/C24H31F3N2O/c25-24(26,27)20-8-4-7-19(15-20)17-29-13-10-23(11-14-29)16-21(23)22(30)28-12-9-18-5-2-1-3-6-18/h4-5,7-8,15,21H,1-3,6,9-14,16-17H2,(H,28,30)/t21-/m0/s1. The molecule has 6 heteroatoms. The molecule has 1 amide bonds. The van der Waals surface area contributed by atoms with Gasteiger partial charge in [0.15, 0.2) is 0 Å². The third-order valence-electron chi connectivity index (χ3n) is 7.15. The molecule has 1 heterocycles. The van der Waals surface area contributed by atoms with Gasteiger partial charge in [-0.3, -0.25) is 9.69 Å². The molecular formula is C24H31F3N2O. The zero-order valence-corrected chi connectivity index (χ0v) is 17.4. The molecule has 1 saturated heterocycles. The highest BCUT2D eigenvalue weighted by Crippen LogP contribution is 2.59. The van der Waals surface area contributed by atoms with Gasteiger partial charge < -0.3 is 5.32 Å². The predicted octanol–water partition coefficient (Wildman–Crippen LogP) is 5.31. The number of allylic oxidation sites excluding steroid dienone is 1. The van der Waals surface area contributed by atoms with Gasteiger partial charge in [0.2, 0.25) is 5.91 Å². The van der Waals surface area contributed by atoms with E-state index in [0.29, 0.717) is 12.1 Å². The molecule has 2 fully saturated rings. The first kappa shape index (κ1) is 21.4. The quantitative estimate of drug-likeness (QED) is 0.632. The van der Waals surface area contributed by atoms with Crippen LogP contribution in [-0.4, -0.2) is 30.4 Å². The lowest BCUT2D eigenvalue weighted by Gasteiger charge is -2.33. The number of likely N-dealkylation sites (tertiary alicyclic amines) is 1. The van der Waals surface area contributed by atoms with E-state index in [1.807, 2.05) is 0 Å². The maximum Gasteiger partial charge on any atom is 0.416 e. The van der Waals surface area contributed by atoms with Gasteiger partial charge >= 0.3 is 6.18 Å². The summed E-state index contributed by atoms with van der Waals surface area (Å²) in [5, 5.41) is 3.13. The molecule has 0 bridgehead atoms. The van der Waals surface area contributed by atoms with Crippen molar-refractivity contribution in [1.29, 1.82) is 0 Å². The highest BCUT2D eigenvalue weighted by Gasteiger charge is 2.58. The summed E-state index contributed by atoms with van der Waals surface area (Å²) in [6.45, 7) is 2.95. The van der Waals surface area contributed by atoms with Gasteiger partial charge in [-0.25, -0.2) is 0 Å². The van der Waals surface area contributed by atoms with E-state index >= 15 is 0 Å². The average Bonchev–Trinajstić information content (AvgIpc) is 3.44. The van der Waals surface area contributed by atoms with E-state index in [4.69, 9.17) is 0 Å². The largest absolute Gasteiger partial charge is 0.416 e. The lowest BCUT2D eigenvalue weighted by Crippen LogP contribution is -2.37. The average molecular weight is 421 g/mol. The molecular weight excluding hydrogens is 389 g/mol. The first-order valence-corrected chi connectivity index (χ1v) is 11.2. The summed E-state index contributed by atoms with van der Waals surface area (Å²) in [5.41, 5.74) is 1.72. The van der Waals surface area contributed by atoms with Gasteiger partial charge in [-0.2, -0.15) is 13.2 Å². The molecule has 3 aliphatic rings. The number of nitrogens with zero attached hydrogens (tertiary/aromatic N) is 1. The highest BCUT2D eigenvalue weighted by atomic mass is 19.4. The van der Waals surface area contributed by atoms with Crippen LogP contribution in [0.25, 0.3) is 0 Å². The van der Waals surface area contributed by atoms with Crippen LogP contribution in [0.15, 0.2) is 35.9 Å². The second-order valence-corrected chi connectivity index (χ2v) is 9.24. The number of halogens is 3. The van der Waals surface area contributed by atoms with E-state index in [0.717, 1.165) is 51.4 Å². The van der Waals surface area contributed by atoms with Crippen LogP contribution in [0.1, 0.15) is 62.5 Å². The summed E-state index contributed by atoms with van der Waals surface area (Å²) >= 11 is 0. The molecule has 0 unspecified atom stereocenters. The Morgan fingerprint density at radius 1 is 1.20 bits per heavy atom. The van der Waals surface area contributed by atoms with Crippen molar-refractivity contribution in [3.05, 3.63) is 47.0 Å². The lowest BCUT2D eigenvalue weighted by molar-refractivity contribution is -0.137. The number of hydrogen-bond donors (Lipinski definition) is 1. The molecule has 164 valence electrons. The van der Waals surface area contributed by atoms with E-state index in [9.17, 15) is 18.0 Å². The normalized spacial score (nSPS) is 23.8. The SMILES string of the molecule is O=C(NCCC1=CCCCC1)[C@@H]1CC12CCN(Cc1cccc(C(F)(F)F)c1)CC2. The second-order valence-electron chi connectivity index (χ2n) is 9.24. The Bertz CT molecular complexity index is 794. The van der Waals surface area contributed by atoms with E-state index in [-0.39, 0.29) is 17.2 Å². The molecule has 0 radical (unpaired) electrons. The Balaban J connectivity index is 1.21. The maximum atomic E-state index is 12.9. The number of nitrogens with one attached hydrogen (secondary N) is 1. The summed E-state index contributed by atoms with van der Waals surface area (Å²) in [6, 6.07) is 5.61. The molecule has 1 aliphatic heterocycles. The van der Waals surface area contributed by atoms with E-state index in [1.54, 1.807) is 6.07 Å². The molecule has 3 nitrogen and oxygen atoms in total. The molecule has 1 aromatic rings. The van der Waals surface area contributed by atoms with Crippen molar-refractivity contribution in [3.63, 3.8) is 0 Å². The lowest BCUT2D eigenvalue weighted by atomic mass is 9.90. The van der Waals surface area contributed by atoms with Crippen LogP contribution >= 0.6 is 0 Å². The van der Waals surface area contributed by atoms with E-state index < -0.39 is 11.7 Å².